The van der Waals surface area contributed by atoms with Crippen LogP contribution in [0, 0.1) is 12.7 Å². The second kappa shape index (κ2) is 6.26. The normalized spacial score (nSPS) is 10.2. The zero-order chi connectivity index (χ0) is 15.4. The second-order valence-corrected chi connectivity index (χ2v) is 4.46. The minimum Gasteiger partial charge on any atom is -0.462 e. The van der Waals surface area contributed by atoms with Crippen LogP contribution in [0.15, 0.2) is 36.4 Å². The monoisotopic (exact) mass is 289 g/mol. The fraction of sp³-hybridized carbons (Fsp3) is 0.188. The maximum absolute atomic E-state index is 13.9. The highest BCUT2D eigenvalue weighted by molar-refractivity contribution is 5.95. The van der Waals surface area contributed by atoms with E-state index in [1.807, 2.05) is 0 Å². The molecule has 2 aromatic carbocycles. The molecule has 4 nitrogen and oxygen atoms in total. The van der Waals surface area contributed by atoms with Gasteiger partial charge in [0.05, 0.1) is 12.2 Å². The van der Waals surface area contributed by atoms with Gasteiger partial charge in [0, 0.05) is 5.69 Å². The van der Waals surface area contributed by atoms with Crippen LogP contribution in [0.1, 0.15) is 22.8 Å². The van der Waals surface area contributed by atoms with E-state index in [4.69, 9.17) is 15.2 Å². The first-order chi connectivity index (χ1) is 10.0. The maximum Gasteiger partial charge on any atom is 0.340 e. The van der Waals surface area contributed by atoms with Crippen LogP contribution in [0.3, 0.4) is 0 Å². The van der Waals surface area contributed by atoms with E-state index in [2.05, 4.69) is 0 Å². The molecule has 110 valence electrons. The number of rotatable bonds is 4. The number of anilines is 1. The molecule has 0 aliphatic carbocycles. The molecule has 0 atom stereocenters. The van der Waals surface area contributed by atoms with Gasteiger partial charge in [-0.15, -0.1) is 0 Å². The van der Waals surface area contributed by atoms with E-state index >= 15 is 0 Å². The summed E-state index contributed by atoms with van der Waals surface area (Å²) < 4.78 is 24.3. The van der Waals surface area contributed by atoms with Crippen molar-refractivity contribution in [2.75, 3.05) is 12.3 Å². The lowest BCUT2D eigenvalue weighted by Crippen LogP contribution is -2.08. The van der Waals surface area contributed by atoms with Crippen molar-refractivity contribution in [1.29, 1.82) is 0 Å². The molecular weight excluding hydrogens is 273 g/mol. The molecule has 2 rings (SSSR count). The van der Waals surface area contributed by atoms with Crippen molar-refractivity contribution in [3.63, 3.8) is 0 Å². The number of esters is 1. The van der Waals surface area contributed by atoms with Crippen molar-refractivity contribution < 1.29 is 18.7 Å². The zero-order valence-electron chi connectivity index (χ0n) is 11.9. The van der Waals surface area contributed by atoms with Gasteiger partial charge in [0.25, 0.3) is 0 Å². The summed E-state index contributed by atoms with van der Waals surface area (Å²) in [5.74, 6) is -0.566. The second-order valence-electron chi connectivity index (χ2n) is 4.46. The van der Waals surface area contributed by atoms with Crippen LogP contribution in [0.25, 0.3) is 0 Å². The Morgan fingerprint density at radius 2 is 2.05 bits per heavy atom. The first kappa shape index (κ1) is 14.8. The molecule has 0 unspecified atom stereocenters. The minimum atomic E-state index is -0.537. The SMILES string of the molecule is CCOC(=O)c1cc(Oc2cccc(C)c2F)ccc1N. The third kappa shape index (κ3) is 3.31. The lowest BCUT2D eigenvalue weighted by atomic mass is 10.1. The molecule has 5 heteroatoms. The van der Waals surface area contributed by atoms with Gasteiger partial charge in [-0.2, -0.15) is 0 Å². The largest absolute Gasteiger partial charge is 0.462 e. The summed E-state index contributed by atoms with van der Waals surface area (Å²) in [6.07, 6.45) is 0. The average Bonchev–Trinajstić information content (AvgIpc) is 2.46. The molecule has 2 N–H and O–H groups in total. The smallest absolute Gasteiger partial charge is 0.340 e. The third-order valence-corrected chi connectivity index (χ3v) is 2.90. The number of aryl methyl sites for hydroxylation is 1. The Morgan fingerprint density at radius 1 is 1.29 bits per heavy atom. The van der Waals surface area contributed by atoms with Gasteiger partial charge in [-0.25, -0.2) is 9.18 Å². The minimum absolute atomic E-state index is 0.0922. The molecule has 0 saturated heterocycles. The van der Waals surface area contributed by atoms with Gasteiger partial charge in [0.2, 0.25) is 0 Å². The molecule has 0 fully saturated rings. The third-order valence-electron chi connectivity index (χ3n) is 2.90. The van der Waals surface area contributed by atoms with E-state index in [1.54, 1.807) is 32.0 Å². The Kier molecular flexibility index (Phi) is 4.42. The highest BCUT2D eigenvalue weighted by atomic mass is 19.1. The lowest BCUT2D eigenvalue weighted by Gasteiger charge is -2.11. The molecule has 0 heterocycles. The van der Waals surface area contributed by atoms with E-state index in [-0.39, 0.29) is 23.6 Å². The molecule has 0 aliphatic rings. The number of benzene rings is 2. The number of carbonyl (C=O) groups excluding carboxylic acids is 1. The number of hydrogen-bond acceptors (Lipinski definition) is 4. The Bertz CT molecular complexity index is 671. The van der Waals surface area contributed by atoms with Gasteiger partial charge in [0.15, 0.2) is 11.6 Å². The summed E-state index contributed by atoms with van der Waals surface area (Å²) >= 11 is 0. The van der Waals surface area contributed by atoms with Gasteiger partial charge in [-0.05, 0) is 43.7 Å². The van der Waals surface area contributed by atoms with Crippen molar-refractivity contribution in [1.82, 2.24) is 0 Å². The first-order valence-corrected chi connectivity index (χ1v) is 6.52. The summed E-state index contributed by atoms with van der Waals surface area (Å²) in [5, 5.41) is 0. The molecular formula is C16H16FNO3. The van der Waals surface area contributed by atoms with Crippen LogP contribution in [0.4, 0.5) is 10.1 Å². The number of ether oxygens (including phenoxy) is 2. The van der Waals surface area contributed by atoms with Crippen LogP contribution in [0.2, 0.25) is 0 Å². The van der Waals surface area contributed by atoms with Crippen LogP contribution >= 0.6 is 0 Å². The molecule has 2 aromatic rings. The van der Waals surface area contributed by atoms with Crippen LogP contribution in [-0.2, 0) is 4.74 Å². The number of nitrogen functional groups attached to an aromatic ring is 1. The van der Waals surface area contributed by atoms with Crippen molar-refractivity contribution >= 4 is 11.7 Å². The number of nitrogens with two attached hydrogens (primary N) is 1. The summed E-state index contributed by atoms with van der Waals surface area (Å²) in [6, 6.07) is 9.39. The quantitative estimate of drug-likeness (QED) is 0.689. The Morgan fingerprint density at radius 3 is 2.76 bits per heavy atom. The fourth-order valence-corrected chi connectivity index (χ4v) is 1.81. The summed E-state index contributed by atoms with van der Waals surface area (Å²) in [4.78, 5) is 11.8. The van der Waals surface area contributed by atoms with Gasteiger partial charge in [0.1, 0.15) is 5.75 Å². The molecule has 21 heavy (non-hydrogen) atoms. The number of halogens is 1. The molecule has 0 spiro atoms. The van der Waals surface area contributed by atoms with E-state index in [0.717, 1.165) is 0 Å². The van der Waals surface area contributed by atoms with Gasteiger partial charge in [-0.3, -0.25) is 0 Å². The van der Waals surface area contributed by atoms with Gasteiger partial charge in [-0.1, -0.05) is 12.1 Å². The first-order valence-electron chi connectivity index (χ1n) is 6.52. The summed E-state index contributed by atoms with van der Waals surface area (Å²) in [6.45, 7) is 3.60. The molecule has 0 amide bonds. The highest BCUT2D eigenvalue weighted by Gasteiger charge is 2.13. The van der Waals surface area contributed by atoms with E-state index in [1.165, 1.54) is 18.2 Å². The average molecular weight is 289 g/mol. The topological polar surface area (TPSA) is 61.5 Å². The Labute approximate surface area is 122 Å². The number of hydrogen-bond donors (Lipinski definition) is 1. The Balaban J connectivity index is 2.31. The molecule has 0 bridgehead atoms. The molecule has 0 aliphatic heterocycles. The Hall–Kier alpha value is -2.56. The van der Waals surface area contributed by atoms with E-state index < -0.39 is 11.8 Å². The lowest BCUT2D eigenvalue weighted by molar-refractivity contribution is 0.0527. The maximum atomic E-state index is 13.9. The summed E-state index contributed by atoms with van der Waals surface area (Å²) in [7, 11) is 0. The van der Waals surface area contributed by atoms with Gasteiger partial charge >= 0.3 is 5.97 Å². The van der Waals surface area contributed by atoms with Crippen LogP contribution in [-0.4, -0.2) is 12.6 Å². The molecule has 0 saturated carbocycles. The fourth-order valence-electron chi connectivity index (χ4n) is 1.81. The van der Waals surface area contributed by atoms with Gasteiger partial charge < -0.3 is 15.2 Å². The van der Waals surface area contributed by atoms with Crippen LogP contribution < -0.4 is 10.5 Å². The predicted molar refractivity (Wildman–Crippen MR) is 78.0 cm³/mol. The van der Waals surface area contributed by atoms with Crippen molar-refractivity contribution in [2.45, 2.75) is 13.8 Å². The predicted octanol–water partition coefficient (Wildman–Crippen LogP) is 3.69. The highest BCUT2D eigenvalue weighted by Crippen LogP contribution is 2.28. The summed E-state index contributed by atoms with van der Waals surface area (Å²) in [5.41, 5.74) is 6.70. The molecule has 0 radical (unpaired) electrons. The van der Waals surface area contributed by atoms with E-state index in [0.29, 0.717) is 11.3 Å². The zero-order valence-corrected chi connectivity index (χ0v) is 11.9. The number of carbonyl (C=O) groups is 1. The molecule has 0 aromatic heterocycles. The van der Waals surface area contributed by atoms with E-state index in [9.17, 15) is 9.18 Å². The van der Waals surface area contributed by atoms with Crippen molar-refractivity contribution in [3.8, 4) is 11.5 Å². The van der Waals surface area contributed by atoms with Crippen LogP contribution in [0.5, 0.6) is 11.5 Å². The van der Waals surface area contributed by atoms with Crippen molar-refractivity contribution in [3.05, 3.63) is 53.3 Å². The van der Waals surface area contributed by atoms with Crippen molar-refractivity contribution in [2.24, 2.45) is 0 Å². The standard InChI is InChI=1S/C16H16FNO3/c1-3-20-16(19)12-9-11(7-8-13(12)18)21-14-6-4-5-10(2)15(14)17/h4-9H,3,18H2,1-2H3.